The number of nitrogens with one attached hydrogen (secondary N) is 1. The predicted molar refractivity (Wildman–Crippen MR) is 102 cm³/mol. The molecule has 0 saturated carbocycles. The molecular formula is C21H24N2O4. The number of carbonyl (C=O) groups excluding carboxylic acids is 1. The molecule has 1 aliphatic heterocycles. The van der Waals surface area contributed by atoms with Gasteiger partial charge in [-0.3, -0.25) is 9.59 Å². The quantitative estimate of drug-likeness (QED) is 0.900. The average Bonchev–Trinajstić information content (AvgIpc) is 3.35. The molecule has 4 rings (SSSR count). The first-order valence-corrected chi connectivity index (χ1v) is 9.37. The van der Waals surface area contributed by atoms with Crippen molar-refractivity contribution in [3.63, 3.8) is 0 Å². The Morgan fingerprint density at radius 2 is 2.04 bits per heavy atom. The molecule has 2 heterocycles. The highest BCUT2D eigenvalue weighted by molar-refractivity contribution is 5.94. The number of hydrogen-bond acceptors (Lipinski definition) is 4. The maximum absolute atomic E-state index is 13.0. The lowest BCUT2D eigenvalue weighted by atomic mass is 9.97. The van der Waals surface area contributed by atoms with Crippen molar-refractivity contribution in [2.45, 2.75) is 31.6 Å². The molecule has 1 fully saturated rings. The minimum Gasteiger partial charge on any atom is -0.497 e. The smallest absolute Gasteiger partial charge is 0.261 e. The van der Waals surface area contributed by atoms with E-state index in [1.54, 1.807) is 25.2 Å². The van der Waals surface area contributed by atoms with E-state index in [0.717, 1.165) is 54.0 Å². The summed E-state index contributed by atoms with van der Waals surface area (Å²) in [5.41, 5.74) is 3.10. The van der Waals surface area contributed by atoms with Crippen LogP contribution in [-0.4, -0.2) is 43.1 Å². The number of aryl methyl sites for hydroxylation is 2. The molecule has 1 aromatic carbocycles. The van der Waals surface area contributed by atoms with Gasteiger partial charge in [0.15, 0.2) is 0 Å². The zero-order chi connectivity index (χ0) is 19.0. The van der Waals surface area contributed by atoms with Crippen LogP contribution >= 0.6 is 0 Å². The molecule has 27 heavy (non-hydrogen) atoms. The van der Waals surface area contributed by atoms with Gasteiger partial charge in [-0.2, -0.15) is 0 Å². The monoisotopic (exact) mass is 368 g/mol. The maximum atomic E-state index is 13.0. The summed E-state index contributed by atoms with van der Waals surface area (Å²) in [5.74, 6) is 1.54. The molecule has 6 nitrogen and oxygen atoms in total. The molecule has 2 aromatic rings. The number of ether oxygens (including phenoxy) is 2. The maximum Gasteiger partial charge on any atom is 0.261 e. The van der Waals surface area contributed by atoms with Crippen LogP contribution in [0.3, 0.4) is 0 Å². The van der Waals surface area contributed by atoms with Crippen molar-refractivity contribution in [3.05, 3.63) is 57.0 Å². The molecule has 2 aliphatic rings. The molecule has 1 aromatic heterocycles. The van der Waals surface area contributed by atoms with Gasteiger partial charge in [0.25, 0.3) is 11.5 Å². The number of fused-ring (bicyclic) bond motifs is 1. The Labute approximate surface area is 158 Å². The number of aromatic nitrogens is 1. The number of carbonyl (C=O) groups is 1. The number of rotatable bonds is 4. The van der Waals surface area contributed by atoms with Gasteiger partial charge in [-0.25, -0.2) is 0 Å². The number of hydrogen-bond donors (Lipinski definition) is 1. The van der Waals surface area contributed by atoms with Crippen molar-refractivity contribution in [2.24, 2.45) is 0 Å². The molecule has 142 valence electrons. The Bertz CT molecular complexity index is 934. The Hall–Kier alpha value is -2.76. The van der Waals surface area contributed by atoms with E-state index in [9.17, 15) is 9.59 Å². The fourth-order valence-electron chi connectivity index (χ4n) is 4.20. The van der Waals surface area contributed by atoms with Gasteiger partial charge in [0.2, 0.25) is 0 Å². The summed E-state index contributed by atoms with van der Waals surface area (Å²) in [6.07, 6.45) is 3.68. The summed E-state index contributed by atoms with van der Waals surface area (Å²) in [4.78, 5) is 30.0. The third-order valence-electron chi connectivity index (χ3n) is 5.67. The van der Waals surface area contributed by atoms with Crippen LogP contribution in [0, 0.1) is 0 Å². The van der Waals surface area contributed by atoms with E-state index in [1.807, 2.05) is 18.2 Å². The van der Waals surface area contributed by atoms with E-state index in [1.165, 1.54) is 0 Å². The number of pyridine rings is 1. The molecule has 6 heteroatoms. The molecule has 1 saturated heterocycles. The van der Waals surface area contributed by atoms with Crippen LogP contribution in [0.5, 0.6) is 11.5 Å². The van der Waals surface area contributed by atoms with Crippen molar-refractivity contribution in [3.8, 4) is 11.5 Å². The summed E-state index contributed by atoms with van der Waals surface area (Å²) in [7, 11) is 3.28. The Kier molecular flexibility index (Phi) is 4.64. The summed E-state index contributed by atoms with van der Waals surface area (Å²) >= 11 is 0. The van der Waals surface area contributed by atoms with Crippen LogP contribution in [0.15, 0.2) is 29.1 Å². The number of aromatic amines is 1. The fourth-order valence-corrected chi connectivity index (χ4v) is 4.20. The first-order valence-electron chi connectivity index (χ1n) is 9.37. The first-order chi connectivity index (χ1) is 13.1. The van der Waals surface area contributed by atoms with Gasteiger partial charge in [-0.15, -0.1) is 0 Å². The van der Waals surface area contributed by atoms with Gasteiger partial charge in [-0.1, -0.05) is 0 Å². The number of benzene rings is 1. The second kappa shape index (κ2) is 7.10. The minimum absolute atomic E-state index is 0.160. The third-order valence-corrected chi connectivity index (χ3v) is 5.67. The van der Waals surface area contributed by atoms with E-state index in [2.05, 4.69) is 4.98 Å². The van der Waals surface area contributed by atoms with E-state index in [4.69, 9.17) is 9.47 Å². The molecule has 0 bridgehead atoms. The van der Waals surface area contributed by atoms with Crippen molar-refractivity contribution >= 4 is 5.91 Å². The van der Waals surface area contributed by atoms with E-state index in [-0.39, 0.29) is 22.9 Å². The standard InChI is InChI=1S/C21H24N2O4/c1-26-15-6-7-19(27-2)16(11-15)14-8-9-23(12-14)21(25)17-10-13-4-3-5-18(13)22-20(17)24/h6-7,10-11,14H,3-5,8-9,12H2,1-2H3,(H,22,24). The van der Waals surface area contributed by atoms with Crippen LogP contribution < -0.4 is 15.0 Å². The fraction of sp³-hybridized carbons (Fsp3) is 0.429. The van der Waals surface area contributed by atoms with Gasteiger partial charge in [0.05, 0.1) is 14.2 Å². The van der Waals surface area contributed by atoms with Crippen LogP contribution in [0.1, 0.15) is 45.9 Å². The van der Waals surface area contributed by atoms with Crippen LogP contribution in [0.2, 0.25) is 0 Å². The van der Waals surface area contributed by atoms with E-state index in [0.29, 0.717) is 13.1 Å². The van der Waals surface area contributed by atoms with Crippen molar-refractivity contribution < 1.29 is 14.3 Å². The summed E-state index contributed by atoms with van der Waals surface area (Å²) in [6.45, 7) is 1.19. The number of likely N-dealkylation sites (tertiary alicyclic amines) is 1. The summed E-state index contributed by atoms with van der Waals surface area (Å²) in [6, 6.07) is 7.52. The summed E-state index contributed by atoms with van der Waals surface area (Å²) < 4.78 is 10.8. The molecular weight excluding hydrogens is 344 g/mol. The predicted octanol–water partition coefficient (Wildman–Crippen LogP) is 2.51. The highest BCUT2D eigenvalue weighted by Gasteiger charge is 2.31. The molecule has 1 unspecified atom stereocenters. The number of H-pyrrole nitrogens is 1. The average molecular weight is 368 g/mol. The van der Waals surface area contributed by atoms with Crippen LogP contribution in [0.4, 0.5) is 0 Å². The number of nitrogens with zero attached hydrogens (tertiary/aromatic N) is 1. The molecule has 0 spiro atoms. The normalized spacial score (nSPS) is 18.4. The second-order valence-electron chi connectivity index (χ2n) is 7.21. The Morgan fingerprint density at radius 3 is 2.81 bits per heavy atom. The number of methoxy groups -OCH3 is 2. The van der Waals surface area contributed by atoms with Gasteiger partial charge >= 0.3 is 0 Å². The van der Waals surface area contributed by atoms with Crippen LogP contribution in [0.25, 0.3) is 0 Å². The Balaban J connectivity index is 1.57. The minimum atomic E-state index is -0.275. The molecule has 1 aliphatic carbocycles. The molecule has 0 radical (unpaired) electrons. The van der Waals surface area contributed by atoms with E-state index >= 15 is 0 Å². The molecule has 1 atom stereocenters. The first kappa shape index (κ1) is 17.6. The van der Waals surface area contributed by atoms with Crippen molar-refractivity contribution in [1.82, 2.24) is 9.88 Å². The van der Waals surface area contributed by atoms with Gasteiger partial charge in [0, 0.05) is 30.3 Å². The largest absolute Gasteiger partial charge is 0.497 e. The Morgan fingerprint density at radius 1 is 1.19 bits per heavy atom. The zero-order valence-electron chi connectivity index (χ0n) is 15.7. The third kappa shape index (κ3) is 3.20. The number of amides is 1. The highest BCUT2D eigenvalue weighted by Crippen LogP contribution is 2.36. The van der Waals surface area contributed by atoms with E-state index < -0.39 is 0 Å². The highest BCUT2D eigenvalue weighted by atomic mass is 16.5. The second-order valence-corrected chi connectivity index (χ2v) is 7.21. The molecule has 1 amide bonds. The van der Waals surface area contributed by atoms with Crippen LogP contribution in [-0.2, 0) is 12.8 Å². The van der Waals surface area contributed by atoms with Gasteiger partial charge < -0.3 is 19.4 Å². The zero-order valence-corrected chi connectivity index (χ0v) is 15.7. The van der Waals surface area contributed by atoms with Crippen molar-refractivity contribution in [1.29, 1.82) is 0 Å². The topological polar surface area (TPSA) is 71.6 Å². The lowest BCUT2D eigenvalue weighted by molar-refractivity contribution is 0.0788. The summed E-state index contributed by atoms with van der Waals surface area (Å²) in [5, 5.41) is 0. The van der Waals surface area contributed by atoms with Gasteiger partial charge in [0.1, 0.15) is 17.1 Å². The lowest BCUT2D eigenvalue weighted by Crippen LogP contribution is -2.33. The lowest BCUT2D eigenvalue weighted by Gasteiger charge is -2.18. The van der Waals surface area contributed by atoms with Crippen molar-refractivity contribution in [2.75, 3.05) is 27.3 Å². The van der Waals surface area contributed by atoms with Gasteiger partial charge in [-0.05, 0) is 55.5 Å². The SMILES string of the molecule is COc1ccc(OC)c(C2CCN(C(=O)c3cc4c([nH]c3=O)CCC4)C2)c1. The molecule has 1 N–H and O–H groups in total.